The van der Waals surface area contributed by atoms with E-state index in [9.17, 15) is 4.79 Å². The molecule has 0 radical (unpaired) electrons. The van der Waals surface area contributed by atoms with Crippen LogP contribution in [0, 0.1) is 5.92 Å². The first kappa shape index (κ1) is 23.8. The highest BCUT2D eigenvalue weighted by atomic mass is 16.5. The van der Waals surface area contributed by atoms with Gasteiger partial charge < -0.3 is 31.4 Å². The van der Waals surface area contributed by atoms with E-state index in [-0.39, 0.29) is 23.7 Å². The number of carbonyl (C=O) groups excluding carboxylic acids is 1. The average Bonchev–Trinajstić information content (AvgIpc) is 3.48. The van der Waals surface area contributed by atoms with E-state index in [0.717, 1.165) is 28.7 Å². The third kappa shape index (κ3) is 4.75. The van der Waals surface area contributed by atoms with Gasteiger partial charge in [-0.2, -0.15) is 5.10 Å². The van der Waals surface area contributed by atoms with Gasteiger partial charge in [0.15, 0.2) is 5.70 Å². The van der Waals surface area contributed by atoms with Crippen molar-refractivity contribution in [3.8, 4) is 5.69 Å². The first-order chi connectivity index (χ1) is 17.4. The molecule has 0 bridgehead atoms. The number of carbonyl (C=O) groups is 1. The number of ether oxygens (including phenoxy) is 1. The summed E-state index contributed by atoms with van der Waals surface area (Å²) in [6.45, 7) is 3.16. The van der Waals surface area contributed by atoms with Gasteiger partial charge in [-0.05, 0) is 37.1 Å². The van der Waals surface area contributed by atoms with Gasteiger partial charge >= 0.3 is 0 Å². The Morgan fingerprint density at radius 1 is 1.25 bits per heavy atom. The maximum absolute atomic E-state index is 12.5. The number of anilines is 1. The number of benzene rings is 1. The fraction of sp³-hybridized carbons (Fsp3) is 0.360. The highest BCUT2D eigenvalue weighted by Crippen LogP contribution is 2.31. The molecule has 1 aromatic carbocycles. The van der Waals surface area contributed by atoms with Crippen molar-refractivity contribution in [2.75, 3.05) is 18.5 Å². The zero-order chi connectivity index (χ0) is 25.2. The molecule has 2 aliphatic rings. The number of rotatable bonds is 6. The van der Waals surface area contributed by atoms with Crippen LogP contribution in [-0.2, 0) is 16.6 Å². The van der Waals surface area contributed by atoms with Crippen LogP contribution < -0.4 is 22.1 Å². The number of azo groups is 1. The standard InChI is InChI=1S/C25H31N9O2/c1-15-6-7-22(29-20-9-11-36-14-18(20)26)31-32-24(25(27)35)23(15)30-19-4-3-5-21-17(19)8-10-34(21)16-12-28-33(2)13-16/h3-5,7-8,10,12-13,15,18,20,29-30H,6,9,11,14,26H2,1-2H3,(H2,27,35)/b22-7+,24-23+,32-31-/t15?,18-,20+/m0/s1. The van der Waals surface area contributed by atoms with Crippen LogP contribution in [0.5, 0.6) is 0 Å². The fourth-order valence-corrected chi connectivity index (χ4v) is 4.60. The third-order valence-electron chi connectivity index (χ3n) is 6.61. The first-order valence-corrected chi connectivity index (χ1v) is 12.0. The van der Waals surface area contributed by atoms with Crippen LogP contribution >= 0.6 is 0 Å². The third-order valence-corrected chi connectivity index (χ3v) is 6.61. The molecule has 0 spiro atoms. The number of amides is 1. The molecule has 3 aromatic rings. The van der Waals surface area contributed by atoms with Gasteiger partial charge in [0.05, 0.1) is 29.7 Å². The van der Waals surface area contributed by atoms with Crippen LogP contribution in [0.1, 0.15) is 19.8 Å². The van der Waals surface area contributed by atoms with E-state index in [2.05, 4.69) is 30.5 Å². The van der Waals surface area contributed by atoms with Crippen molar-refractivity contribution >= 4 is 22.5 Å². The maximum Gasteiger partial charge on any atom is 0.271 e. The summed E-state index contributed by atoms with van der Waals surface area (Å²) >= 11 is 0. The molecule has 0 aliphatic carbocycles. The monoisotopic (exact) mass is 489 g/mol. The Bertz CT molecular complexity index is 1370. The first-order valence-electron chi connectivity index (χ1n) is 12.0. The molecule has 4 heterocycles. The Hall–Kier alpha value is -3.96. The summed E-state index contributed by atoms with van der Waals surface area (Å²) in [5.74, 6) is -0.127. The normalized spacial score (nSPS) is 27.1. The Morgan fingerprint density at radius 2 is 2.11 bits per heavy atom. The van der Waals surface area contributed by atoms with Crippen molar-refractivity contribution in [2.24, 2.45) is 34.7 Å². The molecule has 2 aromatic heterocycles. The van der Waals surface area contributed by atoms with E-state index >= 15 is 0 Å². The Balaban J connectivity index is 1.45. The molecule has 1 saturated heterocycles. The van der Waals surface area contributed by atoms with Gasteiger partial charge in [-0.1, -0.05) is 13.0 Å². The number of primary amides is 1. The van der Waals surface area contributed by atoms with Crippen LogP contribution in [0.3, 0.4) is 0 Å². The molecule has 1 fully saturated rings. The minimum Gasteiger partial charge on any atom is -0.380 e. The second-order valence-corrected chi connectivity index (χ2v) is 9.25. The Morgan fingerprint density at radius 3 is 2.86 bits per heavy atom. The van der Waals surface area contributed by atoms with Gasteiger partial charge in [0.1, 0.15) is 5.82 Å². The number of nitrogens with two attached hydrogens (primary N) is 2. The Kier molecular flexibility index (Phi) is 6.57. The summed E-state index contributed by atoms with van der Waals surface area (Å²) in [5, 5.41) is 20.7. The highest BCUT2D eigenvalue weighted by Gasteiger charge is 2.25. The molecule has 2 aliphatic heterocycles. The Labute approximate surface area is 208 Å². The topological polar surface area (TPSA) is 150 Å². The maximum atomic E-state index is 12.5. The van der Waals surface area contributed by atoms with Gasteiger partial charge in [-0.25, -0.2) is 0 Å². The lowest BCUT2D eigenvalue weighted by Gasteiger charge is -2.30. The lowest BCUT2D eigenvalue weighted by molar-refractivity contribution is -0.114. The van der Waals surface area contributed by atoms with E-state index < -0.39 is 5.91 Å². The van der Waals surface area contributed by atoms with Crippen molar-refractivity contribution in [1.82, 2.24) is 19.7 Å². The molecule has 1 amide bonds. The molecule has 5 rings (SSSR count). The van der Waals surface area contributed by atoms with Crippen molar-refractivity contribution in [1.29, 1.82) is 0 Å². The largest absolute Gasteiger partial charge is 0.380 e. The van der Waals surface area contributed by atoms with Gasteiger partial charge in [-0.15, -0.1) is 10.2 Å². The molecule has 188 valence electrons. The zero-order valence-corrected chi connectivity index (χ0v) is 20.4. The van der Waals surface area contributed by atoms with Crippen LogP contribution in [-0.4, -0.2) is 45.6 Å². The summed E-state index contributed by atoms with van der Waals surface area (Å²) in [6, 6.07) is 7.90. The number of nitrogens with one attached hydrogen (secondary N) is 2. The molecular weight excluding hydrogens is 458 g/mol. The van der Waals surface area contributed by atoms with Gasteiger partial charge in [0.25, 0.3) is 5.91 Å². The van der Waals surface area contributed by atoms with Crippen molar-refractivity contribution in [3.63, 3.8) is 0 Å². The lowest BCUT2D eigenvalue weighted by atomic mass is 9.99. The van der Waals surface area contributed by atoms with E-state index in [1.54, 1.807) is 4.68 Å². The predicted octanol–water partition coefficient (Wildman–Crippen LogP) is 2.51. The number of hydrogen-bond acceptors (Lipinski definition) is 8. The van der Waals surface area contributed by atoms with E-state index in [1.807, 2.05) is 62.9 Å². The SMILES string of the molecule is CC1C/C=C(N[C@@H]2CCOC[C@@H]2N)/N=N\C(C(N)=O)=C/1Nc1cccc2c1ccn2-c1cnn(C)c1. The molecule has 1 unspecified atom stereocenters. The zero-order valence-electron chi connectivity index (χ0n) is 20.4. The number of aryl methyl sites for hydroxylation is 1. The summed E-state index contributed by atoms with van der Waals surface area (Å²) in [4.78, 5) is 12.5. The van der Waals surface area contributed by atoms with E-state index in [1.165, 1.54) is 0 Å². The van der Waals surface area contributed by atoms with Crippen LogP contribution in [0.15, 0.2) is 76.4 Å². The van der Waals surface area contributed by atoms with Gasteiger partial charge in [0.2, 0.25) is 0 Å². The van der Waals surface area contributed by atoms with Crippen molar-refractivity contribution in [3.05, 3.63) is 66.1 Å². The minimum atomic E-state index is -0.641. The number of aromatic nitrogens is 3. The van der Waals surface area contributed by atoms with E-state index in [0.29, 0.717) is 31.2 Å². The molecule has 6 N–H and O–H groups in total. The number of fused-ring (bicyclic) bond motifs is 1. The summed E-state index contributed by atoms with van der Waals surface area (Å²) in [7, 11) is 1.89. The molecule has 36 heavy (non-hydrogen) atoms. The number of nitrogens with zero attached hydrogens (tertiary/aromatic N) is 5. The molecule has 11 nitrogen and oxygen atoms in total. The minimum absolute atomic E-state index is 0.0266. The predicted molar refractivity (Wildman–Crippen MR) is 137 cm³/mol. The van der Waals surface area contributed by atoms with Crippen LogP contribution in [0.2, 0.25) is 0 Å². The molecular formula is C25H31N9O2. The van der Waals surface area contributed by atoms with Crippen molar-refractivity contribution < 1.29 is 9.53 Å². The summed E-state index contributed by atoms with van der Waals surface area (Å²) in [5.41, 5.74) is 15.5. The van der Waals surface area contributed by atoms with Gasteiger partial charge in [-0.3, -0.25) is 9.48 Å². The summed E-state index contributed by atoms with van der Waals surface area (Å²) in [6.07, 6.45) is 9.16. The second-order valence-electron chi connectivity index (χ2n) is 9.25. The molecule has 0 saturated carbocycles. The molecule has 3 atom stereocenters. The number of allylic oxidation sites excluding steroid dienone is 2. The van der Waals surface area contributed by atoms with Crippen molar-refractivity contribution in [2.45, 2.75) is 31.8 Å². The summed E-state index contributed by atoms with van der Waals surface area (Å²) < 4.78 is 9.25. The quantitative estimate of drug-likeness (QED) is 0.418. The van der Waals surface area contributed by atoms with Gasteiger partial charge in [0, 0.05) is 55.1 Å². The smallest absolute Gasteiger partial charge is 0.271 e. The molecule has 11 heteroatoms. The lowest BCUT2D eigenvalue weighted by Crippen LogP contribution is -2.50. The second kappa shape index (κ2) is 9.96. The van der Waals surface area contributed by atoms with Crippen LogP contribution in [0.25, 0.3) is 16.6 Å². The van der Waals surface area contributed by atoms with Crippen LogP contribution in [0.4, 0.5) is 5.69 Å². The average molecular weight is 490 g/mol. The number of hydrogen-bond donors (Lipinski definition) is 4. The fourth-order valence-electron chi connectivity index (χ4n) is 4.60. The van der Waals surface area contributed by atoms with E-state index in [4.69, 9.17) is 16.2 Å². The highest BCUT2D eigenvalue weighted by molar-refractivity contribution is 5.96.